The Morgan fingerprint density at radius 3 is 2.76 bits per heavy atom. The molecule has 0 atom stereocenters. The SMILES string of the molecule is O=C(Nc1cccc(-c2nc(-c3ccc(O)cc3O)cs2)c1)C1CC1. The van der Waals surface area contributed by atoms with Gasteiger partial charge >= 0.3 is 0 Å². The lowest BCUT2D eigenvalue weighted by molar-refractivity contribution is -0.117. The van der Waals surface area contributed by atoms with Crippen molar-refractivity contribution in [1.82, 2.24) is 4.98 Å². The van der Waals surface area contributed by atoms with E-state index in [0.717, 1.165) is 29.1 Å². The maximum absolute atomic E-state index is 11.9. The number of hydrogen-bond acceptors (Lipinski definition) is 5. The zero-order valence-corrected chi connectivity index (χ0v) is 14.1. The Morgan fingerprint density at radius 2 is 2.00 bits per heavy atom. The van der Waals surface area contributed by atoms with Crippen molar-refractivity contribution in [2.24, 2.45) is 5.92 Å². The Bertz CT molecular complexity index is 947. The van der Waals surface area contributed by atoms with Gasteiger partial charge in [0.25, 0.3) is 0 Å². The van der Waals surface area contributed by atoms with Gasteiger partial charge in [0.15, 0.2) is 0 Å². The molecule has 25 heavy (non-hydrogen) atoms. The fourth-order valence-corrected chi connectivity index (χ4v) is 3.40. The van der Waals surface area contributed by atoms with Gasteiger partial charge in [-0.3, -0.25) is 4.79 Å². The van der Waals surface area contributed by atoms with Crippen LogP contribution in [0.25, 0.3) is 21.8 Å². The van der Waals surface area contributed by atoms with Crippen molar-refractivity contribution >= 4 is 22.9 Å². The summed E-state index contributed by atoms with van der Waals surface area (Å²) in [5.74, 6) is 0.233. The van der Waals surface area contributed by atoms with E-state index in [9.17, 15) is 15.0 Å². The zero-order valence-electron chi connectivity index (χ0n) is 13.3. The Morgan fingerprint density at radius 1 is 1.16 bits per heavy atom. The predicted octanol–water partition coefficient (Wildman–Crippen LogP) is 4.24. The van der Waals surface area contributed by atoms with Gasteiger partial charge in [0, 0.05) is 34.2 Å². The quantitative estimate of drug-likeness (QED) is 0.656. The van der Waals surface area contributed by atoms with E-state index < -0.39 is 0 Å². The molecule has 0 radical (unpaired) electrons. The minimum atomic E-state index is -0.0118. The molecule has 1 saturated carbocycles. The number of amides is 1. The molecule has 3 aromatic rings. The van der Waals surface area contributed by atoms with Gasteiger partial charge in [-0.1, -0.05) is 12.1 Å². The van der Waals surface area contributed by atoms with Crippen LogP contribution in [0.3, 0.4) is 0 Å². The van der Waals surface area contributed by atoms with Crippen LogP contribution in [0.4, 0.5) is 5.69 Å². The number of nitrogens with one attached hydrogen (secondary N) is 1. The fraction of sp³-hybridized carbons (Fsp3) is 0.158. The maximum Gasteiger partial charge on any atom is 0.227 e. The number of nitrogens with zero attached hydrogens (tertiary/aromatic N) is 1. The summed E-state index contributed by atoms with van der Waals surface area (Å²) < 4.78 is 0. The molecule has 2 aromatic carbocycles. The number of anilines is 1. The average Bonchev–Trinajstić information content (AvgIpc) is 3.33. The summed E-state index contributed by atoms with van der Waals surface area (Å²) >= 11 is 1.46. The van der Waals surface area contributed by atoms with Gasteiger partial charge in [0.2, 0.25) is 5.91 Å². The largest absolute Gasteiger partial charge is 0.508 e. The van der Waals surface area contributed by atoms with Gasteiger partial charge in [-0.25, -0.2) is 4.98 Å². The molecule has 0 unspecified atom stereocenters. The lowest BCUT2D eigenvalue weighted by Gasteiger charge is -2.05. The first-order chi connectivity index (χ1) is 12.1. The van der Waals surface area contributed by atoms with E-state index in [0.29, 0.717) is 11.3 Å². The Hall–Kier alpha value is -2.86. The van der Waals surface area contributed by atoms with Crippen LogP contribution in [-0.2, 0) is 4.79 Å². The van der Waals surface area contributed by atoms with Gasteiger partial charge in [-0.2, -0.15) is 0 Å². The van der Waals surface area contributed by atoms with Crippen LogP contribution >= 0.6 is 11.3 Å². The van der Waals surface area contributed by atoms with Crippen molar-refractivity contribution in [1.29, 1.82) is 0 Å². The second-order valence-corrected chi connectivity index (χ2v) is 6.94. The van der Waals surface area contributed by atoms with E-state index >= 15 is 0 Å². The number of phenolic OH excluding ortho intramolecular Hbond substituents is 2. The molecule has 1 heterocycles. The molecule has 0 aliphatic heterocycles. The highest BCUT2D eigenvalue weighted by Crippen LogP contribution is 2.36. The summed E-state index contributed by atoms with van der Waals surface area (Å²) in [7, 11) is 0. The Kier molecular flexibility index (Phi) is 3.89. The predicted molar refractivity (Wildman–Crippen MR) is 97.7 cm³/mol. The highest BCUT2D eigenvalue weighted by molar-refractivity contribution is 7.13. The second-order valence-electron chi connectivity index (χ2n) is 6.08. The molecule has 6 heteroatoms. The number of benzene rings is 2. The van der Waals surface area contributed by atoms with E-state index in [1.807, 2.05) is 29.6 Å². The van der Waals surface area contributed by atoms with Crippen molar-refractivity contribution in [3.63, 3.8) is 0 Å². The highest BCUT2D eigenvalue weighted by atomic mass is 32.1. The van der Waals surface area contributed by atoms with Crippen LogP contribution in [0.1, 0.15) is 12.8 Å². The summed E-state index contributed by atoms with van der Waals surface area (Å²) in [5.41, 5.74) is 2.88. The number of aromatic nitrogens is 1. The van der Waals surface area contributed by atoms with E-state index in [2.05, 4.69) is 10.3 Å². The first kappa shape index (κ1) is 15.7. The first-order valence-corrected chi connectivity index (χ1v) is 8.87. The molecule has 0 spiro atoms. The van der Waals surface area contributed by atoms with Crippen LogP contribution in [0.5, 0.6) is 11.5 Å². The standard InChI is InChI=1S/C19H16N2O3S/c22-14-6-7-15(17(23)9-14)16-10-25-19(21-16)12-2-1-3-13(8-12)20-18(24)11-4-5-11/h1-3,6-11,22-23H,4-5H2,(H,20,24). The molecular weight excluding hydrogens is 336 g/mol. The highest BCUT2D eigenvalue weighted by Gasteiger charge is 2.29. The number of aromatic hydroxyl groups is 2. The molecule has 1 aromatic heterocycles. The number of carbonyl (C=O) groups is 1. The molecule has 0 bridgehead atoms. The summed E-state index contributed by atoms with van der Waals surface area (Å²) in [6, 6.07) is 12.0. The summed E-state index contributed by atoms with van der Waals surface area (Å²) in [5, 5.41) is 25.0. The van der Waals surface area contributed by atoms with Crippen molar-refractivity contribution in [3.05, 3.63) is 47.8 Å². The van der Waals surface area contributed by atoms with Crippen LogP contribution in [0, 0.1) is 5.92 Å². The lowest BCUT2D eigenvalue weighted by Crippen LogP contribution is -2.13. The Balaban J connectivity index is 1.60. The smallest absolute Gasteiger partial charge is 0.227 e. The van der Waals surface area contributed by atoms with E-state index in [4.69, 9.17) is 0 Å². The van der Waals surface area contributed by atoms with Gasteiger partial charge in [0.05, 0.1) is 5.69 Å². The molecule has 0 saturated heterocycles. The maximum atomic E-state index is 11.9. The number of thiazole rings is 1. The average molecular weight is 352 g/mol. The third kappa shape index (κ3) is 3.34. The number of rotatable bonds is 4. The topological polar surface area (TPSA) is 82.5 Å². The minimum Gasteiger partial charge on any atom is -0.508 e. The number of hydrogen-bond donors (Lipinski definition) is 3. The molecule has 1 aliphatic rings. The third-order valence-corrected chi connectivity index (χ3v) is 4.98. The molecule has 1 amide bonds. The van der Waals surface area contributed by atoms with Gasteiger partial charge < -0.3 is 15.5 Å². The summed E-state index contributed by atoms with van der Waals surface area (Å²) in [6.07, 6.45) is 1.94. The molecule has 126 valence electrons. The third-order valence-electron chi connectivity index (χ3n) is 4.09. The van der Waals surface area contributed by atoms with Crippen molar-refractivity contribution in [2.75, 3.05) is 5.32 Å². The molecule has 1 aliphatic carbocycles. The van der Waals surface area contributed by atoms with E-state index in [1.54, 1.807) is 6.07 Å². The fourth-order valence-electron chi connectivity index (χ4n) is 2.59. The van der Waals surface area contributed by atoms with Crippen molar-refractivity contribution < 1.29 is 15.0 Å². The van der Waals surface area contributed by atoms with Gasteiger partial charge in [-0.15, -0.1) is 11.3 Å². The monoisotopic (exact) mass is 352 g/mol. The van der Waals surface area contributed by atoms with Crippen LogP contribution < -0.4 is 5.32 Å². The first-order valence-electron chi connectivity index (χ1n) is 7.99. The van der Waals surface area contributed by atoms with E-state index in [1.165, 1.54) is 23.5 Å². The number of carbonyl (C=O) groups excluding carboxylic acids is 1. The molecular formula is C19H16N2O3S. The molecule has 4 rings (SSSR count). The Labute approximate surface area is 148 Å². The molecule has 1 fully saturated rings. The van der Waals surface area contributed by atoms with Crippen LogP contribution in [-0.4, -0.2) is 21.1 Å². The molecule has 3 N–H and O–H groups in total. The minimum absolute atomic E-state index is 0.0100. The molecule has 5 nitrogen and oxygen atoms in total. The summed E-state index contributed by atoms with van der Waals surface area (Å²) in [6.45, 7) is 0. The van der Waals surface area contributed by atoms with Gasteiger partial charge in [0.1, 0.15) is 16.5 Å². The lowest BCUT2D eigenvalue weighted by atomic mass is 10.1. The van der Waals surface area contributed by atoms with Gasteiger partial charge in [-0.05, 0) is 37.1 Å². The van der Waals surface area contributed by atoms with Crippen LogP contribution in [0.15, 0.2) is 47.8 Å². The summed E-state index contributed by atoms with van der Waals surface area (Å²) in [4.78, 5) is 16.5. The normalized spacial score (nSPS) is 13.6. The number of phenols is 2. The van der Waals surface area contributed by atoms with E-state index in [-0.39, 0.29) is 23.3 Å². The second kappa shape index (κ2) is 6.22. The zero-order chi connectivity index (χ0) is 17.4. The van der Waals surface area contributed by atoms with Crippen molar-refractivity contribution in [2.45, 2.75) is 12.8 Å². The van der Waals surface area contributed by atoms with Crippen LogP contribution in [0.2, 0.25) is 0 Å². The van der Waals surface area contributed by atoms with Crippen molar-refractivity contribution in [3.8, 4) is 33.3 Å².